The molecule has 2 atom stereocenters. The van der Waals surface area contributed by atoms with Crippen LogP contribution in [-0.2, 0) is 16.1 Å². The molecule has 2 aromatic rings. The van der Waals surface area contributed by atoms with Crippen molar-refractivity contribution >= 4 is 28.8 Å². The molecule has 0 saturated carbocycles. The Kier molecular flexibility index (Phi) is 6.66. The Hall–Kier alpha value is -2.86. The van der Waals surface area contributed by atoms with Crippen molar-refractivity contribution in [3.8, 4) is 0 Å². The summed E-state index contributed by atoms with van der Waals surface area (Å²) in [7, 11) is 0. The highest BCUT2D eigenvalue weighted by atomic mass is 35.5. The molecule has 0 unspecified atom stereocenters. The van der Waals surface area contributed by atoms with E-state index in [1.165, 1.54) is 4.90 Å². The summed E-state index contributed by atoms with van der Waals surface area (Å²) in [6, 6.07) is 17.1. The van der Waals surface area contributed by atoms with E-state index in [2.05, 4.69) is 5.32 Å². The molecule has 0 aliphatic carbocycles. The van der Waals surface area contributed by atoms with Gasteiger partial charge >= 0.3 is 11.3 Å². The first-order valence-electron chi connectivity index (χ1n) is 9.07. The third-order valence-corrected chi connectivity index (χ3v) is 4.89. The molecule has 1 aliphatic heterocycles. The maximum atomic E-state index is 12.5. The average Bonchev–Trinajstić information content (AvgIpc) is 2.73. The van der Waals surface area contributed by atoms with Gasteiger partial charge in [0.25, 0.3) is 5.91 Å². The van der Waals surface area contributed by atoms with Gasteiger partial charge in [-0.2, -0.15) is 0 Å². The van der Waals surface area contributed by atoms with Crippen molar-refractivity contribution in [1.82, 2.24) is 10.2 Å². The van der Waals surface area contributed by atoms with Crippen LogP contribution in [-0.4, -0.2) is 40.8 Å². The maximum absolute atomic E-state index is 12.5. The summed E-state index contributed by atoms with van der Waals surface area (Å²) in [5.41, 5.74) is 1.40. The summed E-state index contributed by atoms with van der Waals surface area (Å²) in [4.78, 5) is 37.9. The predicted molar refractivity (Wildman–Crippen MR) is 105 cm³/mol. The van der Waals surface area contributed by atoms with Crippen molar-refractivity contribution < 1.29 is 19.1 Å². The number of likely N-dealkylation sites (tertiary alicyclic amines) is 1. The molecule has 1 saturated heterocycles. The van der Waals surface area contributed by atoms with Crippen LogP contribution in [0.1, 0.15) is 28.8 Å². The number of amides is 2. The zero-order valence-corrected chi connectivity index (χ0v) is 16.0. The van der Waals surface area contributed by atoms with E-state index in [0.29, 0.717) is 18.4 Å². The first kappa shape index (κ1) is 19.9. The topological polar surface area (TPSA) is 75.7 Å². The van der Waals surface area contributed by atoms with Gasteiger partial charge in [0.05, 0.1) is 0 Å². The average molecular weight is 401 g/mol. The molecule has 2 aromatic carbocycles. The van der Waals surface area contributed by atoms with Gasteiger partial charge in [-0.3, -0.25) is 9.59 Å². The fraction of sp³-hybridized carbons (Fsp3) is 0.286. The van der Waals surface area contributed by atoms with Gasteiger partial charge in [-0.15, -0.1) is 0 Å². The molecule has 1 N–H and O–H groups in total. The van der Waals surface area contributed by atoms with Crippen LogP contribution in [0, 0.1) is 0 Å². The third kappa shape index (κ3) is 5.10. The first-order valence-corrected chi connectivity index (χ1v) is 9.45. The predicted octanol–water partition coefficient (Wildman–Crippen LogP) is 3.35. The molecule has 1 fully saturated rings. The number of rotatable bonds is 5. The van der Waals surface area contributed by atoms with E-state index in [1.807, 2.05) is 36.4 Å². The quantitative estimate of drug-likeness (QED) is 0.474. The van der Waals surface area contributed by atoms with Crippen molar-refractivity contribution in [3.63, 3.8) is 0 Å². The summed E-state index contributed by atoms with van der Waals surface area (Å²) in [6.07, 6.45) is 0.913. The van der Waals surface area contributed by atoms with Crippen molar-refractivity contribution in [3.05, 3.63) is 71.8 Å². The Balaban J connectivity index is 1.58. The van der Waals surface area contributed by atoms with Gasteiger partial charge in [0.1, 0.15) is 12.6 Å². The lowest BCUT2D eigenvalue weighted by Gasteiger charge is -2.37. The van der Waals surface area contributed by atoms with Gasteiger partial charge in [0.2, 0.25) is 0 Å². The summed E-state index contributed by atoms with van der Waals surface area (Å²) in [5.74, 6) is -0.719. The Labute approximate surface area is 168 Å². The lowest BCUT2D eigenvalue weighted by atomic mass is 9.98. The molecule has 0 radical (unpaired) electrons. The largest absolute Gasteiger partial charge is 0.459 e. The molecule has 0 aromatic heterocycles. The molecule has 0 bridgehead atoms. The molecule has 1 aliphatic rings. The normalized spacial score (nSPS) is 19.0. The van der Waals surface area contributed by atoms with E-state index in [-0.39, 0.29) is 25.1 Å². The fourth-order valence-electron chi connectivity index (χ4n) is 3.21. The fourth-order valence-corrected chi connectivity index (χ4v) is 3.40. The Morgan fingerprint density at radius 3 is 2.29 bits per heavy atom. The molecule has 3 rings (SSSR count). The summed E-state index contributed by atoms with van der Waals surface area (Å²) < 4.78 is 5.35. The van der Waals surface area contributed by atoms with Crippen molar-refractivity contribution in [1.29, 1.82) is 0 Å². The highest BCUT2D eigenvalue weighted by molar-refractivity contribution is 6.63. The molecule has 0 spiro atoms. The van der Waals surface area contributed by atoms with E-state index >= 15 is 0 Å². The summed E-state index contributed by atoms with van der Waals surface area (Å²) in [6.45, 7) is 0.292. The lowest BCUT2D eigenvalue weighted by Crippen LogP contribution is -2.55. The van der Waals surface area contributed by atoms with E-state index in [9.17, 15) is 14.4 Å². The van der Waals surface area contributed by atoms with E-state index < -0.39 is 17.4 Å². The number of carbonyl (C=O) groups excluding carboxylic acids is 3. The van der Waals surface area contributed by atoms with Gasteiger partial charge in [0.15, 0.2) is 0 Å². The van der Waals surface area contributed by atoms with E-state index in [1.54, 1.807) is 24.3 Å². The zero-order valence-electron chi connectivity index (χ0n) is 15.2. The Bertz CT molecular complexity index is 829. The molecule has 7 heteroatoms. The maximum Gasteiger partial charge on any atom is 0.329 e. The molecule has 2 amide bonds. The summed E-state index contributed by atoms with van der Waals surface area (Å²) >= 11 is 5.70. The number of nitrogens with one attached hydrogen (secondary N) is 1. The number of halogens is 1. The van der Waals surface area contributed by atoms with Crippen molar-refractivity contribution in [2.75, 3.05) is 6.54 Å². The SMILES string of the molecule is O=C(N[C@@H]1CC[C@@H](C(=O)OCc2ccccc2)N(C(=O)Cl)C1)c1ccccc1. The Morgan fingerprint density at radius 1 is 1.00 bits per heavy atom. The van der Waals surface area contributed by atoms with E-state index in [4.69, 9.17) is 16.3 Å². The van der Waals surface area contributed by atoms with Crippen LogP contribution in [0.25, 0.3) is 0 Å². The number of carbonyl (C=O) groups is 3. The molecular weight excluding hydrogens is 380 g/mol. The molecule has 28 heavy (non-hydrogen) atoms. The van der Waals surface area contributed by atoms with Crippen LogP contribution in [0.3, 0.4) is 0 Å². The van der Waals surface area contributed by atoms with Gasteiger partial charge in [0, 0.05) is 18.2 Å². The van der Waals surface area contributed by atoms with Crippen LogP contribution < -0.4 is 5.32 Å². The number of piperidine rings is 1. The summed E-state index contributed by atoms with van der Waals surface area (Å²) in [5, 5.41) is 2.16. The zero-order chi connectivity index (χ0) is 19.9. The van der Waals surface area contributed by atoms with Gasteiger partial charge in [-0.05, 0) is 42.1 Å². The minimum Gasteiger partial charge on any atom is -0.459 e. The third-order valence-electron chi connectivity index (χ3n) is 4.67. The Morgan fingerprint density at radius 2 is 1.64 bits per heavy atom. The number of esters is 1. The lowest BCUT2D eigenvalue weighted by molar-refractivity contribution is -0.151. The molecule has 146 valence electrons. The number of nitrogens with zero attached hydrogens (tertiary/aromatic N) is 1. The molecular formula is C21H21ClN2O4. The van der Waals surface area contributed by atoms with Gasteiger partial charge < -0.3 is 15.0 Å². The number of ether oxygens (including phenoxy) is 1. The standard InChI is InChI=1S/C21H21ClN2O4/c22-21(27)24-13-17(23-19(25)16-9-5-2-6-10-16)11-12-18(24)20(26)28-14-15-7-3-1-4-8-15/h1-10,17-18H,11-14H2,(H,23,25)/t17-,18+/m1/s1. The van der Waals surface area contributed by atoms with Crippen LogP contribution >= 0.6 is 11.6 Å². The van der Waals surface area contributed by atoms with Crippen LogP contribution in [0.5, 0.6) is 0 Å². The number of hydrogen-bond acceptors (Lipinski definition) is 4. The molecule has 1 heterocycles. The monoisotopic (exact) mass is 400 g/mol. The van der Waals surface area contributed by atoms with Crippen LogP contribution in [0.4, 0.5) is 4.79 Å². The number of benzene rings is 2. The van der Waals surface area contributed by atoms with Crippen LogP contribution in [0.15, 0.2) is 60.7 Å². The van der Waals surface area contributed by atoms with Crippen LogP contribution in [0.2, 0.25) is 0 Å². The smallest absolute Gasteiger partial charge is 0.329 e. The van der Waals surface area contributed by atoms with Crippen molar-refractivity contribution in [2.45, 2.75) is 31.5 Å². The second kappa shape index (κ2) is 9.37. The molecule has 6 nitrogen and oxygen atoms in total. The number of hydrogen-bond donors (Lipinski definition) is 1. The van der Waals surface area contributed by atoms with Gasteiger partial charge in [-0.25, -0.2) is 4.79 Å². The first-order chi connectivity index (χ1) is 13.5. The minimum absolute atomic E-state index is 0.134. The highest BCUT2D eigenvalue weighted by Crippen LogP contribution is 2.21. The second-order valence-corrected chi connectivity index (χ2v) is 6.95. The van der Waals surface area contributed by atoms with Crippen molar-refractivity contribution in [2.24, 2.45) is 0 Å². The van der Waals surface area contributed by atoms with Gasteiger partial charge in [-0.1, -0.05) is 48.5 Å². The highest BCUT2D eigenvalue weighted by Gasteiger charge is 2.37. The second-order valence-electron chi connectivity index (χ2n) is 6.63. The minimum atomic E-state index is -0.751. The van der Waals surface area contributed by atoms with E-state index in [0.717, 1.165) is 5.56 Å².